The minimum atomic E-state index is -1.40. The third-order valence-corrected chi connectivity index (χ3v) is 3.17. The summed E-state index contributed by atoms with van der Waals surface area (Å²) in [7, 11) is 0. The molecule has 0 aliphatic carbocycles. The lowest BCUT2D eigenvalue weighted by Gasteiger charge is -2.24. The standard InChI is InChI=1S/C11H18N4O3S.C8H16O3/c1-11(2,3)18-10(17)15-6-19-5-7(14-4)8(12)9(13)16;1-7(2,3)11-6(9)8(4,5)10/h5,12H,4,6H2,1-3H3,(H2,13,16)(H,15,17);10H,1-5H3/b7-5-,12-8?;. The molecule has 0 fully saturated rings. The van der Waals surface area contributed by atoms with Gasteiger partial charge in [-0.25, -0.2) is 9.59 Å². The summed E-state index contributed by atoms with van der Waals surface area (Å²) < 4.78 is 9.93. The Bertz CT molecular complexity index is 670. The minimum Gasteiger partial charge on any atom is -0.458 e. The van der Waals surface area contributed by atoms with Crippen molar-refractivity contribution in [2.45, 2.75) is 72.2 Å². The number of hydrogen-bond acceptors (Lipinski definition) is 9. The van der Waals surface area contributed by atoms with Crippen LogP contribution < -0.4 is 11.1 Å². The average molecular weight is 447 g/mol. The van der Waals surface area contributed by atoms with Crippen molar-refractivity contribution in [2.75, 3.05) is 5.88 Å². The lowest BCUT2D eigenvalue weighted by molar-refractivity contribution is -0.173. The van der Waals surface area contributed by atoms with E-state index in [1.165, 1.54) is 19.3 Å². The Kier molecular flexibility index (Phi) is 12.2. The van der Waals surface area contributed by atoms with E-state index in [1.807, 2.05) is 0 Å². The number of thioether (sulfide) groups is 1. The van der Waals surface area contributed by atoms with Crippen LogP contribution in [-0.4, -0.2) is 58.2 Å². The van der Waals surface area contributed by atoms with E-state index >= 15 is 0 Å². The molecular weight excluding hydrogens is 412 g/mol. The molecule has 0 unspecified atom stereocenters. The number of amides is 2. The number of hydrogen-bond donors (Lipinski definition) is 4. The summed E-state index contributed by atoms with van der Waals surface area (Å²) in [5, 5.41) is 20.4. The van der Waals surface area contributed by atoms with Crippen LogP contribution in [0.25, 0.3) is 0 Å². The summed E-state index contributed by atoms with van der Waals surface area (Å²) in [4.78, 5) is 36.6. The van der Waals surface area contributed by atoms with E-state index < -0.39 is 40.5 Å². The zero-order valence-electron chi connectivity index (χ0n) is 18.9. The first-order chi connectivity index (χ1) is 13.3. The van der Waals surface area contributed by atoms with Crippen molar-refractivity contribution >= 4 is 42.2 Å². The van der Waals surface area contributed by atoms with Crippen molar-refractivity contribution in [3.63, 3.8) is 0 Å². The molecule has 0 aromatic heterocycles. The third kappa shape index (κ3) is 16.5. The molecule has 0 aromatic rings. The van der Waals surface area contributed by atoms with E-state index in [9.17, 15) is 19.5 Å². The molecule has 0 radical (unpaired) electrons. The molecule has 5 N–H and O–H groups in total. The van der Waals surface area contributed by atoms with E-state index in [0.717, 1.165) is 11.8 Å². The Morgan fingerprint density at radius 3 is 1.87 bits per heavy atom. The summed E-state index contributed by atoms with van der Waals surface area (Å²) in [6, 6.07) is 0. The van der Waals surface area contributed by atoms with Crippen LogP contribution in [0.4, 0.5) is 4.79 Å². The lowest BCUT2D eigenvalue weighted by atomic mass is 10.1. The Hall–Kier alpha value is -2.40. The van der Waals surface area contributed by atoms with Crippen LogP contribution in [0, 0.1) is 5.41 Å². The molecule has 172 valence electrons. The van der Waals surface area contributed by atoms with Crippen molar-refractivity contribution in [1.82, 2.24) is 5.32 Å². The molecule has 0 rings (SSSR count). The average Bonchev–Trinajstić information content (AvgIpc) is 2.50. The van der Waals surface area contributed by atoms with E-state index in [4.69, 9.17) is 20.6 Å². The van der Waals surface area contributed by atoms with Crippen LogP contribution in [0.5, 0.6) is 0 Å². The van der Waals surface area contributed by atoms with Crippen LogP contribution in [0.1, 0.15) is 55.4 Å². The van der Waals surface area contributed by atoms with Crippen LogP contribution in [0.15, 0.2) is 16.1 Å². The number of aliphatic imine (C=N–C) groups is 1. The largest absolute Gasteiger partial charge is 0.458 e. The molecule has 2 amide bonds. The van der Waals surface area contributed by atoms with Crippen LogP contribution >= 0.6 is 11.8 Å². The van der Waals surface area contributed by atoms with E-state index in [2.05, 4.69) is 17.0 Å². The molecule has 0 atom stereocenters. The molecule has 10 nitrogen and oxygen atoms in total. The van der Waals surface area contributed by atoms with Gasteiger partial charge in [-0.05, 0) is 62.1 Å². The van der Waals surface area contributed by atoms with Crippen molar-refractivity contribution in [3.05, 3.63) is 11.1 Å². The number of nitrogens with zero attached hydrogens (tertiary/aromatic N) is 1. The molecule has 0 saturated carbocycles. The number of esters is 1. The molecule has 0 spiro atoms. The first kappa shape index (κ1) is 29.8. The van der Waals surface area contributed by atoms with Crippen LogP contribution in [0.2, 0.25) is 0 Å². The maximum atomic E-state index is 11.3. The normalized spacial score (nSPS) is 12.1. The molecule has 0 aliphatic heterocycles. The highest BCUT2D eigenvalue weighted by molar-refractivity contribution is 8.02. The molecule has 0 heterocycles. The summed E-state index contributed by atoms with van der Waals surface area (Å²) in [5.74, 6) is -1.27. The number of rotatable bonds is 7. The topological polar surface area (TPSA) is 164 Å². The fraction of sp³-hybridized carbons (Fsp3) is 0.632. The van der Waals surface area contributed by atoms with E-state index in [0.29, 0.717) is 0 Å². The van der Waals surface area contributed by atoms with Crippen LogP contribution in [0.3, 0.4) is 0 Å². The number of alkyl carbamates (subject to hydrolysis) is 1. The fourth-order valence-corrected chi connectivity index (χ4v) is 1.87. The number of ether oxygens (including phenoxy) is 2. The predicted molar refractivity (Wildman–Crippen MR) is 119 cm³/mol. The van der Waals surface area contributed by atoms with Crippen molar-refractivity contribution in [1.29, 1.82) is 5.41 Å². The van der Waals surface area contributed by atoms with Gasteiger partial charge in [-0.15, -0.1) is 11.8 Å². The lowest BCUT2D eigenvalue weighted by Crippen LogP contribution is -2.38. The summed E-state index contributed by atoms with van der Waals surface area (Å²) in [6.07, 6.45) is -0.550. The number of primary amides is 1. The zero-order valence-corrected chi connectivity index (χ0v) is 19.7. The molecule has 11 heteroatoms. The minimum absolute atomic E-state index is 0.0588. The third-order valence-electron chi connectivity index (χ3n) is 2.46. The van der Waals surface area contributed by atoms with Gasteiger partial charge in [0.25, 0.3) is 5.91 Å². The smallest absolute Gasteiger partial charge is 0.408 e. The highest BCUT2D eigenvalue weighted by Crippen LogP contribution is 2.13. The summed E-state index contributed by atoms with van der Waals surface area (Å²) in [5.41, 5.74) is 2.08. The quantitative estimate of drug-likeness (QED) is 0.202. The maximum Gasteiger partial charge on any atom is 0.408 e. The molecule has 0 bridgehead atoms. The van der Waals surface area contributed by atoms with Gasteiger partial charge in [0, 0.05) is 5.41 Å². The van der Waals surface area contributed by atoms with Gasteiger partial charge in [-0.3, -0.25) is 15.2 Å². The predicted octanol–water partition coefficient (Wildman–Crippen LogP) is 2.35. The molecule has 0 aliphatic rings. The fourth-order valence-electron chi connectivity index (χ4n) is 1.24. The van der Waals surface area contributed by atoms with E-state index in [1.54, 1.807) is 41.5 Å². The number of carbonyl (C=O) groups excluding carboxylic acids is 3. The monoisotopic (exact) mass is 446 g/mol. The number of nitrogens with two attached hydrogens (primary N) is 1. The highest BCUT2D eigenvalue weighted by atomic mass is 32.2. The van der Waals surface area contributed by atoms with Gasteiger partial charge in [0.2, 0.25) is 0 Å². The molecule has 0 saturated heterocycles. The SMILES string of the molecule is C=N/C(=C\SCNC(=O)OC(C)(C)C)C(=N)C(N)=O.CC(C)(C)OC(=O)C(C)(C)O. The van der Waals surface area contributed by atoms with Gasteiger partial charge in [-0.2, -0.15) is 0 Å². The second-order valence-corrected chi connectivity index (χ2v) is 9.31. The summed E-state index contributed by atoms with van der Waals surface area (Å²) >= 11 is 1.13. The number of carbonyl (C=O) groups is 3. The molecular formula is C19H34N4O6S. The first-order valence-electron chi connectivity index (χ1n) is 8.90. The second-order valence-electron chi connectivity index (χ2n) is 8.45. The van der Waals surface area contributed by atoms with Gasteiger partial charge >= 0.3 is 12.1 Å². The maximum absolute atomic E-state index is 11.3. The Balaban J connectivity index is 0. The summed E-state index contributed by atoms with van der Waals surface area (Å²) in [6.45, 7) is 16.6. The van der Waals surface area contributed by atoms with Gasteiger partial charge < -0.3 is 25.6 Å². The number of nitrogens with one attached hydrogen (secondary N) is 2. The Labute approximate surface area is 182 Å². The van der Waals surface area contributed by atoms with Crippen molar-refractivity contribution in [3.8, 4) is 0 Å². The van der Waals surface area contributed by atoms with Gasteiger partial charge in [-0.1, -0.05) is 0 Å². The van der Waals surface area contributed by atoms with Gasteiger partial charge in [0.15, 0.2) is 5.60 Å². The first-order valence-corrected chi connectivity index (χ1v) is 9.95. The van der Waals surface area contributed by atoms with Gasteiger partial charge in [0.1, 0.15) is 16.9 Å². The van der Waals surface area contributed by atoms with Gasteiger partial charge in [0.05, 0.1) is 11.6 Å². The Morgan fingerprint density at radius 1 is 1.10 bits per heavy atom. The zero-order chi connectivity index (χ0) is 24.3. The van der Waals surface area contributed by atoms with Crippen molar-refractivity contribution in [2.24, 2.45) is 10.7 Å². The second kappa shape index (κ2) is 12.3. The highest BCUT2D eigenvalue weighted by Gasteiger charge is 2.29. The number of aliphatic hydroxyl groups is 1. The van der Waals surface area contributed by atoms with Crippen molar-refractivity contribution < 1.29 is 29.0 Å². The molecule has 0 aromatic carbocycles. The molecule has 30 heavy (non-hydrogen) atoms. The van der Waals surface area contributed by atoms with Crippen LogP contribution in [-0.2, 0) is 19.1 Å². The Morgan fingerprint density at radius 2 is 1.57 bits per heavy atom. The van der Waals surface area contributed by atoms with E-state index in [-0.39, 0.29) is 11.6 Å².